The molecule has 0 bridgehead atoms. The van der Waals surface area contributed by atoms with Crippen LogP contribution in [0.25, 0.3) is 11.1 Å². The molecule has 1 aromatic heterocycles. The minimum Gasteiger partial charge on any atom is -0.408 e. The number of oxazole rings is 1. The maximum absolute atomic E-state index is 11.3. The second-order valence-electron chi connectivity index (χ2n) is 4.71. The summed E-state index contributed by atoms with van der Waals surface area (Å²) in [7, 11) is 1.74. The molecule has 0 radical (unpaired) electrons. The Morgan fingerprint density at radius 1 is 1.47 bits per heavy atom. The van der Waals surface area contributed by atoms with E-state index >= 15 is 0 Å². The Balaban J connectivity index is 1.79. The molecule has 1 N–H and O–H groups in total. The van der Waals surface area contributed by atoms with E-state index in [-0.39, 0.29) is 5.76 Å². The van der Waals surface area contributed by atoms with Crippen molar-refractivity contribution in [3.8, 4) is 0 Å². The molecule has 0 aliphatic heterocycles. The number of hydrogen-bond acceptors (Lipinski definition) is 3. The zero-order valence-corrected chi connectivity index (χ0v) is 9.90. The third-order valence-corrected chi connectivity index (χ3v) is 3.28. The third-order valence-electron chi connectivity index (χ3n) is 3.28. The van der Waals surface area contributed by atoms with Gasteiger partial charge in [-0.2, -0.15) is 0 Å². The summed E-state index contributed by atoms with van der Waals surface area (Å²) in [6, 6.07) is 6.69. The zero-order chi connectivity index (χ0) is 11.8. The molecule has 1 saturated carbocycles. The number of aryl methyl sites for hydroxylation is 1. The van der Waals surface area contributed by atoms with Gasteiger partial charge in [-0.05, 0) is 43.5 Å². The van der Waals surface area contributed by atoms with Crippen molar-refractivity contribution in [1.29, 1.82) is 0 Å². The normalized spacial score (nSPS) is 15.6. The molecule has 0 saturated heterocycles. The van der Waals surface area contributed by atoms with E-state index in [9.17, 15) is 4.79 Å². The topological polar surface area (TPSA) is 47.2 Å². The molecule has 90 valence electrons. The Morgan fingerprint density at radius 3 is 3.06 bits per heavy atom. The van der Waals surface area contributed by atoms with Crippen molar-refractivity contribution in [2.45, 2.75) is 25.3 Å². The Hall–Kier alpha value is -1.55. The first-order valence-corrected chi connectivity index (χ1v) is 6.06. The van der Waals surface area contributed by atoms with Crippen molar-refractivity contribution in [2.75, 3.05) is 6.54 Å². The van der Waals surface area contributed by atoms with Gasteiger partial charge in [-0.3, -0.25) is 4.57 Å². The standard InChI is InChI=1S/C13H16N2O2/c1-15-11-8-9(6-7-14-10-3-4-10)2-5-12(11)17-13(15)16/h2,5,8,10,14H,3-4,6-7H2,1H3. The molecule has 1 aliphatic rings. The average molecular weight is 232 g/mol. The number of fused-ring (bicyclic) bond motifs is 1. The maximum atomic E-state index is 11.3. The van der Waals surface area contributed by atoms with Gasteiger partial charge in [0.15, 0.2) is 5.58 Å². The highest BCUT2D eigenvalue weighted by Crippen LogP contribution is 2.19. The highest BCUT2D eigenvalue weighted by Gasteiger charge is 2.19. The number of nitrogens with zero attached hydrogens (tertiary/aromatic N) is 1. The maximum Gasteiger partial charge on any atom is 0.419 e. The largest absolute Gasteiger partial charge is 0.419 e. The van der Waals surface area contributed by atoms with Gasteiger partial charge in [0, 0.05) is 13.1 Å². The zero-order valence-electron chi connectivity index (χ0n) is 9.90. The fraction of sp³-hybridized carbons (Fsp3) is 0.462. The van der Waals surface area contributed by atoms with Gasteiger partial charge in [0.25, 0.3) is 0 Å². The lowest BCUT2D eigenvalue weighted by atomic mass is 10.1. The van der Waals surface area contributed by atoms with Gasteiger partial charge >= 0.3 is 5.76 Å². The Morgan fingerprint density at radius 2 is 2.29 bits per heavy atom. The lowest BCUT2D eigenvalue weighted by Gasteiger charge is -2.03. The molecule has 3 rings (SSSR count). The molecular weight excluding hydrogens is 216 g/mol. The lowest BCUT2D eigenvalue weighted by Crippen LogP contribution is -2.19. The van der Waals surface area contributed by atoms with Gasteiger partial charge in [-0.1, -0.05) is 6.07 Å². The Kier molecular flexibility index (Phi) is 2.52. The number of benzene rings is 1. The summed E-state index contributed by atoms with van der Waals surface area (Å²) in [4.78, 5) is 11.3. The van der Waals surface area contributed by atoms with Crippen LogP contribution in [0.4, 0.5) is 0 Å². The fourth-order valence-corrected chi connectivity index (χ4v) is 2.04. The first kappa shape index (κ1) is 10.6. The number of hydrogen-bond donors (Lipinski definition) is 1. The molecule has 1 aliphatic carbocycles. The van der Waals surface area contributed by atoms with Gasteiger partial charge < -0.3 is 9.73 Å². The van der Waals surface area contributed by atoms with E-state index < -0.39 is 0 Å². The van der Waals surface area contributed by atoms with Crippen LogP contribution in [0.5, 0.6) is 0 Å². The van der Waals surface area contributed by atoms with Gasteiger partial charge in [0.1, 0.15) is 0 Å². The SMILES string of the molecule is Cn1c(=O)oc2ccc(CCNC3CC3)cc21. The smallest absolute Gasteiger partial charge is 0.408 e. The predicted molar refractivity (Wildman–Crippen MR) is 66.2 cm³/mol. The van der Waals surface area contributed by atoms with Gasteiger partial charge in [0.2, 0.25) is 0 Å². The molecule has 1 heterocycles. The van der Waals surface area contributed by atoms with E-state index in [2.05, 4.69) is 5.32 Å². The van der Waals surface area contributed by atoms with E-state index in [0.717, 1.165) is 24.5 Å². The van der Waals surface area contributed by atoms with Crippen LogP contribution < -0.4 is 11.1 Å². The molecule has 4 nitrogen and oxygen atoms in total. The van der Waals surface area contributed by atoms with E-state index in [1.807, 2.05) is 18.2 Å². The van der Waals surface area contributed by atoms with Crippen molar-refractivity contribution in [2.24, 2.45) is 7.05 Å². The van der Waals surface area contributed by atoms with Crippen LogP contribution in [-0.4, -0.2) is 17.2 Å². The van der Waals surface area contributed by atoms with Crippen molar-refractivity contribution < 1.29 is 4.42 Å². The monoisotopic (exact) mass is 232 g/mol. The fourth-order valence-electron chi connectivity index (χ4n) is 2.04. The van der Waals surface area contributed by atoms with E-state index in [0.29, 0.717) is 5.58 Å². The van der Waals surface area contributed by atoms with Crippen molar-refractivity contribution >= 4 is 11.1 Å². The number of rotatable bonds is 4. The molecule has 4 heteroatoms. The van der Waals surface area contributed by atoms with Crippen LogP contribution in [0.15, 0.2) is 27.4 Å². The van der Waals surface area contributed by atoms with Crippen LogP contribution in [0, 0.1) is 0 Å². The van der Waals surface area contributed by atoms with Crippen LogP contribution in [-0.2, 0) is 13.5 Å². The highest BCUT2D eigenvalue weighted by molar-refractivity contribution is 5.73. The summed E-state index contributed by atoms with van der Waals surface area (Å²) in [5.74, 6) is -0.298. The Labute approximate surface area is 99.2 Å². The summed E-state index contributed by atoms with van der Waals surface area (Å²) in [6.07, 6.45) is 3.62. The molecule has 2 aromatic rings. The van der Waals surface area contributed by atoms with Crippen molar-refractivity contribution in [3.05, 3.63) is 34.3 Å². The quantitative estimate of drug-likeness (QED) is 0.867. The van der Waals surface area contributed by atoms with E-state index in [1.54, 1.807) is 11.6 Å². The average Bonchev–Trinajstić information content (AvgIpc) is 3.09. The summed E-state index contributed by atoms with van der Waals surface area (Å²) >= 11 is 0. The minimum atomic E-state index is -0.298. The second kappa shape index (κ2) is 4.04. The molecule has 0 atom stereocenters. The molecule has 0 unspecified atom stereocenters. The third kappa shape index (κ3) is 2.13. The number of aromatic nitrogens is 1. The van der Waals surface area contributed by atoms with Crippen molar-refractivity contribution in [1.82, 2.24) is 9.88 Å². The van der Waals surface area contributed by atoms with Gasteiger partial charge in [-0.15, -0.1) is 0 Å². The number of nitrogens with one attached hydrogen (secondary N) is 1. The summed E-state index contributed by atoms with van der Waals surface area (Å²) < 4.78 is 6.65. The highest BCUT2D eigenvalue weighted by atomic mass is 16.4. The summed E-state index contributed by atoms with van der Waals surface area (Å²) in [5, 5.41) is 3.48. The minimum absolute atomic E-state index is 0.298. The van der Waals surface area contributed by atoms with E-state index in [4.69, 9.17) is 4.42 Å². The van der Waals surface area contributed by atoms with Gasteiger partial charge in [-0.25, -0.2) is 4.79 Å². The predicted octanol–water partition coefficient (Wildman–Crippen LogP) is 1.43. The molecule has 17 heavy (non-hydrogen) atoms. The molecule has 1 aromatic carbocycles. The van der Waals surface area contributed by atoms with E-state index in [1.165, 1.54) is 18.4 Å². The van der Waals surface area contributed by atoms with Crippen LogP contribution >= 0.6 is 0 Å². The summed E-state index contributed by atoms with van der Waals surface area (Å²) in [6.45, 7) is 1.00. The second-order valence-corrected chi connectivity index (χ2v) is 4.71. The molecule has 1 fully saturated rings. The molecule has 0 spiro atoms. The molecular formula is C13H16N2O2. The van der Waals surface area contributed by atoms with Gasteiger partial charge in [0.05, 0.1) is 5.52 Å². The van der Waals surface area contributed by atoms with Crippen molar-refractivity contribution in [3.63, 3.8) is 0 Å². The van der Waals surface area contributed by atoms with Crippen LogP contribution in [0.1, 0.15) is 18.4 Å². The first-order chi connectivity index (χ1) is 8.24. The molecule has 0 amide bonds. The lowest BCUT2D eigenvalue weighted by molar-refractivity contribution is 0.528. The first-order valence-electron chi connectivity index (χ1n) is 6.06. The summed E-state index contributed by atoms with van der Waals surface area (Å²) in [5.41, 5.74) is 2.78. The Bertz CT molecular complexity index is 593. The van der Waals surface area contributed by atoms with Crippen LogP contribution in [0.2, 0.25) is 0 Å². The van der Waals surface area contributed by atoms with Crippen LogP contribution in [0.3, 0.4) is 0 Å².